The Balaban J connectivity index is 2.53. The van der Waals surface area contributed by atoms with E-state index in [1.807, 2.05) is 6.07 Å². The van der Waals surface area contributed by atoms with Crippen molar-refractivity contribution in [1.29, 1.82) is 5.26 Å². The molecule has 0 N–H and O–H groups in total. The lowest BCUT2D eigenvalue weighted by Gasteiger charge is -2.22. The van der Waals surface area contributed by atoms with Gasteiger partial charge in [-0.25, -0.2) is 0 Å². The van der Waals surface area contributed by atoms with Crippen LogP contribution in [0, 0.1) is 24.2 Å². The summed E-state index contributed by atoms with van der Waals surface area (Å²) in [6.07, 6.45) is 3.45. The van der Waals surface area contributed by atoms with E-state index in [9.17, 15) is 0 Å². The van der Waals surface area contributed by atoms with Gasteiger partial charge in [0.05, 0.1) is 11.6 Å². The van der Waals surface area contributed by atoms with Crippen LogP contribution in [0.3, 0.4) is 0 Å². The molecule has 0 aliphatic heterocycles. The molecule has 0 saturated heterocycles. The summed E-state index contributed by atoms with van der Waals surface area (Å²) >= 11 is 0. The van der Waals surface area contributed by atoms with Crippen LogP contribution in [-0.2, 0) is 12.8 Å². The van der Waals surface area contributed by atoms with Crippen LogP contribution in [0.25, 0.3) is 0 Å². The number of hydrogen-bond acceptors (Lipinski definition) is 1. The molecule has 0 amide bonds. The fourth-order valence-corrected chi connectivity index (χ4v) is 2.34. The number of aryl methyl sites for hydroxylation is 1. The van der Waals surface area contributed by atoms with Gasteiger partial charge in [-0.1, -0.05) is 13.0 Å². The molecule has 1 aromatic carbocycles. The van der Waals surface area contributed by atoms with Gasteiger partial charge < -0.3 is 0 Å². The van der Waals surface area contributed by atoms with E-state index in [-0.39, 0.29) is 0 Å². The van der Waals surface area contributed by atoms with E-state index >= 15 is 0 Å². The normalized spacial score (nSPS) is 19.9. The number of benzene rings is 1. The molecule has 0 aromatic heterocycles. The van der Waals surface area contributed by atoms with Crippen molar-refractivity contribution in [1.82, 2.24) is 0 Å². The van der Waals surface area contributed by atoms with Crippen molar-refractivity contribution in [3.63, 3.8) is 0 Å². The maximum Gasteiger partial charge on any atom is 0.0994 e. The van der Waals surface area contributed by atoms with Gasteiger partial charge in [0.25, 0.3) is 0 Å². The Kier molecular flexibility index (Phi) is 2.29. The molecule has 2 rings (SSSR count). The summed E-state index contributed by atoms with van der Waals surface area (Å²) in [6.45, 7) is 4.36. The minimum Gasteiger partial charge on any atom is -0.192 e. The quantitative estimate of drug-likeness (QED) is 0.609. The van der Waals surface area contributed by atoms with Gasteiger partial charge in [0.15, 0.2) is 0 Å². The molecule has 0 saturated carbocycles. The zero-order valence-electron chi connectivity index (χ0n) is 8.80. The first-order valence-corrected chi connectivity index (χ1v) is 5.23. The van der Waals surface area contributed by atoms with Crippen LogP contribution < -0.4 is 0 Å². The standard InChI is InChI=1S/C13H15N/c1-9-3-4-13-11(5-9)6-10(2)7-12(13)8-14/h6-7,9H,3-5H2,1-2H3. The summed E-state index contributed by atoms with van der Waals surface area (Å²) in [6, 6.07) is 6.56. The summed E-state index contributed by atoms with van der Waals surface area (Å²) in [4.78, 5) is 0. The molecule has 1 aliphatic rings. The zero-order valence-corrected chi connectivity index (χ0v) is 8.80. The Bertz CT molecular complexity index is 398. The molecular formula is C13H15N. The minimum atomic E-state index is 0.774. The van der Waals surface area contributed by atoms with Crippen molar-refractivity contribution in [2.45, 2.75) is 33.1 Å². The van der Waals surface area contributed by atoms with Crippen LogP contribution in [0.1, 0.15) is 35.6 Å². The topological polar surface area (TPSA) is 23.8 Å². The highest BCUT2D eigenvalue weighted by Gasteiger charge is 2.18. The third-order valence-corrected chi connectivity index (χ3v) is 3.06. The molecule has 1 heteroatoms. The molecule has 1 nitrogen and oxygen atoms in total. The predicted molar refractivity (Wildman–Crippen MR) is 57.1 cm³/mol. The van der Waals surface area contributed by atoms with Crippen molar-refractivity contribution in [3.8, 4) is 6.07 Å². The molecule has 0 fully saturated rings. The molecule has 1 aliphatic carbocycles. The van der Waals surface area contributed by atoms with E-state index in [1.54, 1.807) is 0 Å². The van der Waals surface area contributed by atoms with E-state index in [0.29, 0.717) is 0 Å². The van der Waals surface area contributed by atoms with Gasteiger partial charge in [0.1, 0.15) is 0 Å². The van der Waals surface area contributed by atoms with E-state index in [1.165, 1.54) is 23.1 Å². The largest absolute Gasteiger partial charge is 0.192 e. The molecule has 0 spiro atoms. The van der Waals surface area contributed by atoms with Crippen LogP contribution in [-0.4, -0.2) is 0 Å². The maximum absolute atomic E-state index is 9.03. The average molecular weight is 185 g/mol. The van der Waals surface area contributed by atoms with Gasteiger partial charge in [-0.05, 0) is 54.9 Å². The lowest BCUT2D eigenvalue weighted by molar-refractivity contribution is 0.500. The highest BCUT2D eigenvalue weighted by Crippen LogP contribution is 2.28. The number of hydrogen-bond donors (Lipinski definition) is 0. The summed E-state index contributed by atoms with van der Waals surface area (Å²) in [7, 11) is 0. The number of nitriles is 1. The number of rotatable bonds is 0. The molecule has 0 radical (unpaired) electrons. The van der Waals surface area contributed by atoms with Gasteiger partial charge in [-0.2, -0.15) is 5.26 Å². The first-order chi connectivity index (χ1) is 6.70. The SMILES string of the molecule is Cc1cc(C#N)c2c(c1)CC(C)CC2. The molecule has 72 valence electrons. The molecular weight excluding hydrogens is 170 g/mol. The van der Waals surface area contributed by atoms with E-state index in [2.05, 4.69) is 26.0 Å². The first kappa shape index (κ1) is 9.27. The van der Waals surface area contributed by atoms with E-state index in [4.69, 9.17) is 5.26 Å². The third kappa shape index (κ3) is 1.53. The second-order valence-corrected chi connectivity index (χ2v) is 4.41. The fraction of sp³-hybridized carbons (Fsp3) is 0.462. The molecule has 1 unspecified atom stereocenters. The van der Waals surface area contributed by atoms with E-state index in [0.717, 1.165) is 24.3 Å². The average Bonchev–Trinajstić information content (AvgIpc) is 2.15. The van der Waals surface area contributed by atoms with Crippen LogP contribution in [0.4, 0.5) is 0 Å². The fourth-order valence-electron chi connectivity index (χ4n) is 2.34. The summed E-state index contributed by atoms with van der Waals surface area (Å²) in [5.41, 5.74) is 4.82. The lowest BCUT2D eigenvalue weighted by atomic mass is 9.82. The summed E-state index contributed by atoms with van der Waals surface area (Å²) in [5, 5.41) is 9.03. The lowest BCUT2D eigenvalue weighted by Crippen LogP contribution is -2.13. The predicted octanol–water partition coefficient (Wildman–Crippen LogP) is 2.99. The number of fused-ring (bicyclic) bond motifs is 1. The second-order valence-electron chi connectivity index (χ2n) is 4.41. The Morgan fingerprint density at radius 3 is 2.93 bits per heavy atom. The van der Waals surface area contributed by atoms with Crippen LogP contribution >= 0.6 is 0 Å². The third-order valence-electron chi connectivity index (χ3n) is 3.06. The van der Waals surface area contributed by atoms with Gasteiger partial charge in [-0.3, -0.25) is 0 Å². The van der Waals surface area contributed by atoms with Crippen molar-refractivity contribution < 1.29 is 0 Å². The molecule has 0 heterocycles. The monoisotopic (exact) mass is 185 g/mol. The van der Waals surface area contributed by atoms with Gasteiger partial charge in [-0.15, -0.1) is 0 Å². The summed E-state index contributed by atoms with van der Waals surface area (Å²) < 4.78 is 0. The Morgan fingerprint density at radius 1 is 1.43 bits per heavy atom. The van der Waals surface area contributed by atoms with Crippen molar-refractivity contribution in [2.75, 3.05) is 0 Å². The van der Waals surface area contributed by atoms with E-state index < -0.39 is 0 Å². The zero-order chi connectivity index (χ0) is 10.1. The summed E-state index contributed by atoms with van der Waals surface area (Å²) in [5.74, 6) is 0.774. The Labute approximate surface area is 85.4 Å². The second kappa shape index (κ2) is 3.46. The van der Waals surface area contributed by atoms with Crippen LogP contribution in [0.2, 0.25) is 0 Å². The Hall–Kier alpha value is -1.29. The molecule has 0 bridgehead atoms. The first-order valence-electron chi connectivity index (χ1n) is 5.23. The van der Waals surface area contributed by atoms with Crippen molar-refractivity contribution in [3.05, 3.63) is 34.4 Å². The van der Waals surface area contributed by atoms with Crippen LogP contribution in [0.15, 0.2) is 12.1 Å². The van der Waals surface area contributed by atoms with Crippen LogP contribution in [0.5, 0.6) is 0 Å². The van der Waals surface area contributed by atoms with Gasteiger partial charge in [0.2, 0.25) is 0 Å². The van der Waals surface area contributed by atoms with Gasteiger partial charge in [0, 0.05) is 0 Å². The van der Waals surface area contributed by atoms with Gasteiger partial charge >= 0.3 is 0 Å². The Morgan fingerprint density at radius 2 is 2.21 bits per heavy atom. The smallest absolute Gasteiger partial charge is 0.0994 e. The minimum absolute atomic E-state index is 0.774. The highest BCUT2D eigenvalue weighted by atomic mass is 14.3. The maximum atomic E-state index is 9.03. The highest BCUT2D eigenvalue weighted by molar-refractivity contribution is 5.46. The molecule has 1 aromatic rings. The van der Waals surface area contributed by atoms with Crippen molar-refractivity contribution in [2.24, 2.45) is 5.92 Å². The molecule has 1 atom stereocenters. The molecule has 14 heavy (non-hydrogen) atoms. The van der Waals surface area contributed by atoms with Crippen molar-refractivity contribution >= 4 is 0 Å². The number of nitrogens with zero attached hydrogens (tertiary/aromatic N) is 1.